The highest BCUT2D eigenvalue weighted by molar-refractivity contribution is 9.10. The summed E-state index contributed by atoms with van der Waals surface area (Å²) in [6.45, 7) is 0.688. The smallest absolute Gasteiger partial charge is 0.256 e. The molecule has 0 fully saturated rings. The number of rotatable bonds is 5. The number of carbonyl (C=O) groups excluding carboxylic acids is 1. The van der Waals surface area contributed by atoms with Crippen LogP contribution in [-0.2, 0) is 6.54 Å². The summed E-state index contributed by atoms with van der Waals surface area (Å²) >= 11 is 3.28. The van der Waals surface area contributed by atoms with Gasteiger partial charge in [-0.2, -0.15) is 5.10 Å². The first-order valence-corrected chi connectivity index (χ1v) is 9.81. The second-order valence-electron chi connectivity index (χ2n) is 6.52. The van der Waals surface area contributed by atoms with Gasteiger partial charge in [0.05, 0.1) is 12.2 Å². The van der Waals surface area contributed by atoms with E-state index in [2.05, 4.69) is 26.3 Å². The van der Waals surface area contributed by atoms with Crippen LogP contribution < -0.4 is 5.32 Å². The third-order valence-electron chi connectivity index (χ3n) is 4.52. The zero-order valence-corrected chi connectivity index (χ0v) is 16.9. The highest BCUT2D eigenvalue weighted by atomic mass is 79.9. The lowest BCUT2D eigenvalue weighted by Crippen LogP contribution is -2.13. The standard InChI is InChI=1S/C23H17BrFN3O/c24-21-14-18(25)10-11-22(21)27-23(29)20-5-2-1-4-19(20)17-8-6-16(7-9-17)15-28-13-3-12-26-28/h1-14H,15H2,(H,27,29). The van der Waals surface area contributed by atoms with Crippen LogP contribution in [0.4, 0.5) is 10.1 Å². The number of nitrogens with one attached hydrogen (secondary N) is 1. The van der Waals surface area contributed by atoms with Crippen molar-refractivity contribution in [2.75, 3.05) is 5.32 Å². The van der Waals surface area contributed by atoms with Crippen LogP contribution in [0.2, 0.25) is 0 Å². The summed E-state index contributed by atoms with van der Waals surface area (Å²) < 4.78 is 15.6. The fourth-order valence-corrected chi connectivity index (χ4v) is 3.53. The van der Waals surface area contributed by atoms with Gasteiger partial charge >= 0.3 is 0 Å². The average molecular weight is 450 g/mol. The molecule has 0 saturated heterocycles. The van der Waals surface area contributed by atoms with E-state index >= 15 is 0 Å². The van der Waals surface area contributed by atoms with Crippen molar-refractivity contribution in [1.82, 2.24) is 9.78 Å². The summed E-state index contributed by atoms with van der Waals surface area (Å²) in [5.41, 5.74) is 3.95. The van der Waals surface area contributed by atoms with E-state index in [1.54, 1.807) is 12.3 Å². The molecule has 1 heterocycles. The predicted octanol–water partition coefficient (Wildman–Crippen LogP) is 5.75. The molecule has 0 bridgehead atoms. The second-order valence-corrected chi connectivity index (χ2v) is 7.38. The fraction of sp³-hybridized carbons (Fsp3) is 0.0435. The third kappa shape index (κ3) is 4.43. The molecule has 1 amide bonds. The van der Waals surface area contributed by atoms with Crippen LogP contribution in [0, 0.1) is 5.82 Å². The molecule has 0 aliphatic carbocycles. The van der Waals surface area contributed by atoms with Crippen LogP contribution in [0.3, 0.4) is 0 Å². The van der Waals surface area contributed by atoms with E-state index in [1.807, 2.05) is 59.4 Å². The molecule has 29 heavy (non-hydrogen) atoms. The van der Waals surface area contributed by atoms with Crippen molar-refractivity contribution in [3.8, 4) is 11.1 Å². The summed E-state index contributed by atoms with van der Waals surface area (Å²) in [6.07, 6.45) is 3.67. The van der Waals surface area contributed by atoms with Crippen LogP contribution in [0.15, 0.2) is 89.7 Å². The molecule has 6 heteroatoms. The van der Waals surface area contributed by atoms with E-state index in [-0.39, 0.29) is 11.7 Å². The van der Waals surface area contributed by atoms with Gasteiger partial charge in [-0.25, -0.2) is 4.39 Å². The first-order valence-electron chi connectivity index (χ1n) is 9.02. The molecule has 0 aliphatic rings. The van der Waals surface area contributed by atoms with E-state index in [9.17, 15) is 9.18 Å². The van der Waals surface area contributed by atoms with Crippen molar-refractivity contribution < 1.29 is 9.18 Å². The number of carbonyl (C=O) groups is 1. The van der Waals surface area contributed by atoms with Gasteiger partial charge in [0.2, 0.25) is 0 Å². The molecule has 0 unspecified atom stereocenters. The van der Waals surface area contributed by atoms with Gasteiger partial charge in [0.15, 0.2) is 0 Å². The highest BCUT2D eigenvalue weighted by Crippen LogP contribution is 2.27. The molecule has 4 nitrogen and oxygen atoms in total. The lowest BCUT2D eigenvalue weighted by molar-refractivity contribution is 0.102. The summed E-state index contributed by atoms with van der Waals surface area (Å²) in [6, 6.07) is 21.5. The van der Waals surface area contributed by atoms with Gasteiger partial charge < -0.3 is 5.32 Å². The van der Waals surface area contributed by atoms with Gasteiger partial charge in [-0.05, 0) is 63.0 Å². The number of hydrogen-bond donors (Lipinski definition) is 1. The third-order valence-corrected chi connectivity index (χ3v) is 5.18. The molecule has 144 valence electrons. The van der Waals surface area contributed by atoms with Gasteiger partial charge in [0.1, 0.15) is 5.82 Å². The Hall–Kier alpha value is -3.25. The molecule has 0 atom stereocenters. The van der Waals surface area contributed by atoms with E-state index in [0.29, 0.717) is 22.3 Å². The van der Waals surface area contributed by atoms with Crippen molar-refractivity contribution in [1.29, 1.82) is 0 Å². The Bertz CT molecular complexity index is 1140. The lowest BCUT2D eigenvalue weighted by Gasteiger charge is -2.12. The number of halogens is 2. The zero-order chi connectivity index (χ0) is 20.2. The van der Waals surface area contributed by atoms with Crippen LogP contribution >= 0.6 is 15.9 Å². The Labute approximate surface area is 176 Å². The normalized spacial score (nSPS) is 10.7. The zero-order valence-electron chi connectivity index (χ0n) is 15.3. The minimum atomic E-state index is -0.370. The summed E-state index contributed by atoms with van der Waals surface area (Å²) in [5, 5.41) is 7.06. The molecular formula is C23H17BrFN3O. The van der Waals surface area contributed by atoms with E-state index in [4.69, 9.17) is 0 Å². The van der Waals surface area contributed by atoms with Gasteiger partial charge in [-0.1, -0.05) is 42.5 Å². The SMILES string of the molecule is O=C(Nc1ccc(F)cc1Br)c1ccccc1-c1ccc(Cn2cccn2)cc1. The number of aromatic nitrogens is 2. The molecule has 0 radical (unpaired) electrons. The van der Waals surface area contributed by atoms with Crippen LogP contribution in [0.25, 0.3) is 11.1 Å². The first kappa shape index (κ1) is 19.1. The summed E-state index contributed by atoms with van der Waals surface area (Å²) in [7, 11) is 0. The Kier molecular flexibility index (Phi) is 5.53. The van der Waals surface area contributed by atoms with Gasteiger partial charge in [0, 0.05) is 22.4 Å². The lowest BCUT2D eigenvalue weighted by atomic mass is 9.98. The molecule has 0 aliphatic heterocycles. The summed E-state index contributed by atoms with van der Waals surface area (Å²) in [5.74, 6) is -0.626. The van der Waals surface area contributed by atoms with Gasteiger partial charge in [-0.15, -0.1) is 0 Å². The molecule has 4 aromatic rings. The van der Waals surface area contributed by atoms with Crippen molar-refractivity contribution in [2.45, 2.75) is 6.54 Å². The quantitative estimate of drug-likeness (QED) is 0.421. The minimum absolute atomic E-state index is 0.256. The second kappa shape index (κ2) is 8.41. The average Bonchev–Trinajstić information content (AvgIpc) is 3.24. The predicted molar refractivity (Wildman–Crippen MR) is 115 cm³/mol. The van der Waals surface area contributed by atoms with Crippen molar-refractivity contribution in [2.24, 2.45) is 0 Å². The number of amides is 1. The molecule has 0 spiro atoms. The molecule has 4 rings (SSSR count). The molecular weight excluding hydrogens is 433 g/mol. The molecule has 0 saturated carbocycles. The van der Waals surface area contributed by atoms with Crippen molar-refractivity contribution >= 4 is 27.5 Å². The number of nitrogens with zero attached hydrogens (tertiary/aromatic N) is 2. The number of anilines is 1. The largest absolute Gasteiger partial charge is 0.321 e. The number of benzene rings is 3. The first-order chi connectivity index (χ1) is 14.1. The Morgan fingerprint density at radius 2 is 1.83 bits per heavy atom. The van der Waals surface area contributed by atoms with Crippen LogP contribution in [0.1, 0.15) is 15.9 Å². The van der Waals surface area contributed by atoms with Crippen LogP contribution in [-0.4, -0.2) is 15.7 Å². The topological polar surface area (TPSA) is 46.9 Å². The fourth-order valence-electron chi connectivity index (χ4n) is 3.08. The Morgan fingerprint density at radius 1 is 1.03 bits per heavy atom. The minimum Gasteiger partial charge on any atom is -0.321 e. The molecule has 1 N–H and O–H groups in total. The van der Waals surface area contributed by atoms with Crippen molar-refractivity contribution in [3.63, 3.8) is 0 Å². The van der Waals surface area contributed by atoms with E-state index < -0.39 is 0 Å². The summed E-state index contributed by atoms with van der Waals surface area (Å²) in [4.78, 5) is 12.9. The van der Waals surface area contributed by atoms with Gasteiger partial charge in [-0.3, -0.25) is 9.48 Å². The van der Waals surface area contributed by atoms with E-state index in [1.165, 1.54) is 18.2 Å². The number of hydrogen-bond acceptors (Lipinski definition) is 2. The van der Waals surface area contributed by atoms with Crippen LogP contribution in [0.5, 0.6) is 0 Å². The maximum atomic E-state index is 13.3. The maximum Gasteiger partial charge on any atom is 0.256 e. The molecule has 1 aromatic heterocycles. The van der Waals surface area contributed by atoms with E-state index in [0.717, 1.165) is 16.7 Å². The molecule has 3 aromatic carbocycles. The Balaban J connectivity index is 1.58. The highest BCUT2D eigenvalue weighted by Gasteiger charge is 2.14. The van der Waals surface area contributed by atoms with Crippen molar-refractivity contribution in [3.05, 3.63) is 107 Å². The monoisotopic (exact) mass is 449 g/mol. The maximum absolute atomic E-state index is 13.3. The Morgan fingerprint density at radius 3 is 2.55 bits per heavy atom. The van der Waals surface area contributed by atoms with Gasteiger partial charge in [0.25, 0.3) is 5.91 Å².